The molecule has 0 saturated carbocycles. The third-order valence-electron chi connectivity index (χ3n) is 5.92. The van der Waals surface area contributed by atoms with E-state index in [0.29, 0.717) is 54.0 Å². The normalized spacial score (nSPS) is 14.6. The Morgan fingerprint density at radius 1 is 1.23 bits per heavy atom. The summed E-state index contributed by atoms with van der Waals surface area (Å²) in [5.74, 6) is -0.0426. The second-order valence-electron chi connectivity index (χ2n) is 8.32. The van der Waals surface area contributed by atoms with Crippen LogP contribution in [0.4, 0.5) is 15.8 Å². The number of nitriles is 1. The molecule has 2 heterocycles. The van der Waals surface area contributed by atoms with Crippen molar-refractivity contribution in [2.75, 3.05) is 23.3 Å². The zero-order valence-corrected chi connectivity index (χ0v) is 17.7. The maximum absolute atomic E-state index is 13.9. The number of hydrogen-bond donors (Lipinski definition) is 1. The number of benzene rings is 2. The molecule has 2 aromatic carbocycles. The lowest BCUT2D eigenvalue weighted by atomic mass is 9.94. The number of carbonyl (C=O) groups excluding carboxylic acids is 1. The molecule has 1 saturated heterocycles. The first-order chi connectivity index (χ1) is 15.0. The van der Waals surface area contributed by atoms with Gasteiger partial charge < -0.3 is 10.2 Å². The van der Waals surface area contributed by atoms with Gasteiger partial charge in [0.25, 0.3) is 0 Å². The molecule has 0 radical (unpaired) electrons. The molecular weight excluding hydrogens is 391 g/mol. The van der Waals surface area contributed by atoms with Gasteiger partial charge in [-0.1, -0.05) is 26.0 Å². The van der Waals surface area contributed by atoms with Gasteiger partial charge in [-0.25, -0.2) is 4.39 Å². The monoisotopic (exact) mass is 416 g/mol. The maximum Gasteiger partial charge on any atom is 0.227 e. The third kappa shape index (κ3) is 4.36. The van der Waals surface area contributed by atoms with Crippen LogP contribution in [0.15, 0.2) is 48.7 Å². The molecule has 4 rings (SSSR count). The van der Waals surface area contributed by atoms with Crippen molar-refractivity contribution in [2.24, 2.45) is 5.92 Å². The second-order valence-corrected chi connectivity index (χ2v) is 8.32. The molecule has 31 heavy (non-hydrogen) atoms. The van der Waals surface area contributed by atoms with Crippen molar-refractivity contribution in [3.05, 3.63) is 65.6 Å². The standard InChI is InChI=1S/C25H25FN4O/c1-16(2)18-4-3-5-21(12-18)29-25(31)17-8-10-30(11-9-17)24-19(14-27)15-28-23-7-6-20(26)13-22(23)24/h3-7,12-13,15-17H,8-11H2,1-2H3,(H,29,31). The molecule has 0 unspecified atom stereocenters. The number of nitrogens with one attached hydrogen (secondary N) is 1. The van der Waals surface area contributed by atoms with Crippen molar-refractivity contribution in [1.82, 2.24) is 4.98 Å². The van der Waals surface area contributed by atoms with Gasteiger partial charge in [-0.05, 0) is 54.7 Å². The molecule has 0 aliphatic carbocycles. The molecule has 5 nitrogen and oxygen atoms in total. The summed E-state index contributed by atoms with van der Waals surface area (Å²) < 4.78 is 13.9. The van der Waals surface area contributed by atoms with Gasteiger partial charge >= 0.3 is 0 Å². The Kier molecular flexibility index (Phi) is 5.85. The first-order valence-corrected chi connectivity index (χ1v) is 10.6. The van der Waals surface area contributed by atoms with Crippen LogP contribution >= 0.6 is 0 Å². The highest BCUT2D eigenvalue weighted by Crippen LogP contribution is 2.33. The summed E-state index contributed by atoms with van der Waals surface area (Å²) in [5.41, 5.74) is 3.79. The van der Waals surface area contributed by atoms with Crippen LogP contribution in [-0.2, 0) is 4.79 Å². The predicted molar refractivity (Wildman–Crippen MR) is 121 cm³/mol. The van der Waals surface area contributed by atoms with Crippen molar-refractivity contribution in [3.63, 3.8) is 0 Å². The molecule has 1 amide bonds. The molecule has 1 N–H and O–H groups in total. The Hall–Kier alpha value is -3.46. The van der Waals surface area contributed by atoms with E-state index in [1.165, 1.54) is 23.9 Å². The summed E-state index contributed by atoms with van der Waals surface area (Å²) >= 11 is 0. The number of anilines is 2. The van der Waals surface area contributed by atoms with Gasteiger partial charge in [0, 0.05) is 36.3 Å². The van der Waals surface area contributed by atoms with Gasteiger partial charge in [-0.15, -0.1) is 0 Å². The van der Waals surface area contributed by atoms with Crippen molar-refractivity contribution in [1.29, 1.82) is 5.26 Å². The van der Waals surface area contributed by atoms with E-state index in [1.54, 1.807) is 6.07 Å². The van der Waals surface area contributed by atoms with Crippen LogP contribution in [0.5, 0.6) is 0 Å². The number of aromatic nitrogens is 1. The number of pyridine rings is 1. The van der Waals surface area contributed by atoms with Gasteiger partial charge in [0.05, 0.1) is 16.8 Å². The maximum atomic E-state index is 13.9. The number of hydrogen-bond acceptors (Lipinski definition) is 4. The molecule has 1 aliphatic rings. The summed E-state index contributed by atoms with van der Waals surface area (Å²) in [6, 6.07) is 14.6. The zero-order valence-electron chi connectivity index (χ0n) is 17.7. The molecule has 1 aromatic heterocycles. The van der Waals surface area contributed by atoms with Crippen LogP contribution < -0.4 is 10.2 Å². The Balaban J connectivity index is 1.49. The van der Waals surface area contributed by atoms with Crippen LogP contribution in [0.2, 0.25) is 0 Å². The minimum atomic E-state index is -0.358. The van der Waals surface area contributed by atoms with Crippen LogP contribution in [0.3, 0.4) is 0 Å². The highest BCUT2D eigenvalue weighted by molar-refractivity contribution is 5.95. The third-order valence-corrected chi connectivity index (χ3v) is 5.92. The van der Waals surface area contributed by atoms with Gasteiger partial charge in [0.2, 0.25) is 5.91 Å². The Labute approximate surface area is 181 Å². The van der Waals surface area contributed by atoms with Crippen LogP contribution in [0.1, 0.15) is 43.7 Å². The summed E-state index contributed by atoms with van der Waals surface area (Å²) in [7, 11) is 0. The first-order valence-electron chi connectivity index (χ1n) is 10.6. The van der Waals surface area contributed by atoms with Crippen molar-refractivity contribution < 1.29 is 9.18 Å². The van der Waals surface area contributed by atoms with E-state index in [9.17, 15) is 14.4 Å². The van der Waals surface area contributed by atoms with Crippen molar-refractivity contribution in [2.45, 2.75) is 32.6 Å². The summed E-state index contributed by atoms with van der Waals surface area (Å²) in [6.07, 6.45) is 2.87. The minimum absolute atomic E-state index is 0.0201. The minimum Gasteiger partial charge on any atom is -0.370 e. The molecule has 0 atom stereocenters. The SMILES string of the molecule is CC(C)c1cccc(NC(=O)C2CCN(c3c(C#N)cnc4ccc(F)cc34)CC2)c1. The topological polar surface area (TPSA) is 69.0 Å². The quantitative estimate of drug-likeness (QED) is 0.633. The number of amides is 1. The summed E-state index contributed by atoms with van der Waals surface area (Å²) in [4.78, 5) is 19.2. The fourth-order valence-electron chi connectivity index (χ4n) is 4.16. The molecule has 6 heteroatoms. The van der Waals surface area contributed by atoms with Gasteiger partial charge in [0.1, 0.15) is 11.9 Å². The fourth-order valence-corrected chi connectivity index (χ4v) is 4.16. The van der Waals surface area contributed by atoms with Crippen LogP contribution in [0, 0.1) is 23.1 Å². The van der Waals surface area contributed by atoms with Crippen molar-refractivity contribution >= 4 is 28.2 Å². The predicted octanol–water partition coefficient (Wildman–Crippen LogP) is 5.22. The fraction of sp³-hybridized carbons (Fsp3) is 0.320. The molecule has 0 spiro atoms. The van der Waals surface area contributed by atoms with E-state index < -0.39 is 0 Å². The molecule has 0 bridgehead atoms. The summed E-state index contributed by atoms with van der Waals surface area (Å²) in [6.45, 7) is 5.49. The van der Waals surface area contributed by atoms with E-state index in [0.717, 1.165) is 5.69 Å². The van der Waals surface area contributed by atoms with E-state index in [1.807, 2.05) is 18.2 Å². The second kappa shape index (κ2) is 8.73. The molecule has 3 aromatic rings. The van der Waals surface area contributed by atoms with Gasteiger partial charge in [0.15, 0.2) is 0 Å². The highest BCUT2D eigenvalue weighted by atomic mass is 19.1. The van der Waals surface area contributed by atoms with E-state index in [2.05, 4.69) is 41.2 Å². The lowest BCUT2D eigenvalue weighted by molar-refractivity contribution is -0.120. The number of nitrogens with zero attached hydrogens (tertiary/aromatic N) is 3. The van der Waals surface area contributed by atoms with E-state index in [4.69, 9.17) is 0 Å². The van der Waals surface area contributed by atoms with Crippen LogP contribution in [0.25, 0.3) is 10.9 Å². The number of carbonyl (C=O) groups is 1. The number of halogens is 1. The number of piperidine rings is 1. The van der Waals surface area contributed by atoms with E-state index >= 15 is 0 Å². The smallest absolute Gasteiger partial charge is 0.227 e. The average Bonchev–Trinajstić information content (AvgIpc) is 2.78. The molecule has 1 aliphatic heterocycles. The molecular formula is C25H25FN4O. The Morgan fingerprint density at radius 2 is 2.00 bits per heavy atom. The van der Waals surface area contributed by atoms with Gasteiger partial charge in [-0.2, -0.15) is 5.26 Å². The van der Waals surface area contributed by atoms with Crippen molar-refractivity contribution in [3.8, 4) is 6.07 Å². The molecule has 1 fully saturated rings. The number of fused-ring (bicyclic) bond motifs is 1. The van der Waals surface area contributed by atoms with E-state index in [-0.39, 0.29) is 17.6 Å². The summed E-state index contributed by atoms with van der Waals surface area (Å²) in [5, 5.41) is 13.3. The zero-order chi connectivity index (χ0) is 22.0. The van der Waals surface area contributed by atoms with Crippen LogP contribution in [-0.4, -0.2) is 24.0 Å². The lowest BCUT2D eigenvalue weighted by Crippen LogP contribution is -2.38. The average molecular weight is 417 g/mol. The van der Waals surface area contributed by atoms with Gasteiger partial charge in [-0.3, -0.25) is 9.78 Å². The lowest BCUT2D eigenvalue weighted by Gasteiger charge is -2.34. The molecule has 158 valence electrons. The Morgan fingerprint density at radius 3 is 2.71 bits per heavy atom. The highest BCUT2D eigenvalue weighted by Gasteiger charge is 2.27. The first kappa shape index (κ1) is 20.8. The largest absolute Gasteiger partial charge is 0.370 e. The number of rotatable bonds is 4. The Bertz CT molecular complexity index is 1160.